The second-order valence-electron chi connectivity index (χ2n) is 6.65. The molecule has 0 aromatic heterocycles. The maximum absolute atomic E-state index is 14.0. The van der Waals surface area contributed by atoms with E-state index in [1.165, 1.54) is 18.2 Å². The Bertz CT molecular complexity index is 898. The Morgan fingerprint density at radius 1 is 1.08 bits per heavy atom. The smallest absolute Gasteiger partial charge is 0.209 e. The van der Waals surface area contributed by atoms with Crippen molar-refractivity contribution in [3.8, 4) is 0 Å². The van der Waals surface area contributed by atoms with Crippen molar-refractivity contribution in [1.82, 2.24) is 5.32 Å². The Kier molecular flexibility index (Phi) is 5.55. The van der Waals surface area contributed by atoms with Crippen LogP contribution < -0.4 is 10.2 Å². The molecule has 4 rings (SSSR count). The summed E-state index contributed by atoms with van der Waals surface area (Å²) in [7, 11) is -3.84. The molecule has 4 nitrogen and oxygen atoms in total. The van der Waals surface area contributed by atoms with Gasteiger partial charge in [0.05, 0.1) is 4.90 Å². The van der Waals surface area contributed by atoms with Gasteiger partial charge in [-0.1, -0.05) is 12.1 Å². The zero-order valence-corrected chi connectivity index (χ0v) is 16.0. The van der Waals surface area contributed by atoms with E-state index < -0.39 is 15.7 Å². The molecule has 1 saturated heterocycles. The quantitative estimate of drug-likeness (QED) is 0.865. The van der Waals surface area contributed by atoms with E-state index >= 15 is 0 Å². The van der Waals surface area contributed by atoms with Gasteiger partial charge in [0.25, 0.3) is 0 Å². The molecular formula is C19H22ClFN2O2S. The van der Waals surface area contributed by atoms with Crippen LogP contribution in [0.3, 0.4) is 0 Å². The normalized spacial score (nSPS) is 17.7. The number of anilines is 1. The Balaban J connectivity index is 0.00000196. The molecule has 0 atom stereocenters. The van der Waals surface area contributed by atoms with Gasteiger partial charge in [0, 0.05) is 18.3 Å². The molecule has 0 spiro atoms. The third-order valence-corrected chi connectivity index (χ3v) is 6.95. The molecule has 0 bridgehead atoms. The van der Waals surface area contributed by atoms with Crippen LogP contribution in [0.1, 0.15) is 18.4 Å². The lowest BCUT2D eigenvalue weighted by atomic mass is 10.0. The first kappa shape index (κ1) is 19.1. The molecule has 2 heterocycles. The van der Waals surface area contributed by atoms with E-state index in [0.29, 0.717) is 6.04 Å². The van der Waals surface area contributed by atoms with Crippen LogP contribution in [0, 0.1) is 5.82 Å². The van der Waals surface area contributed by atoms with Crippen molar-refractivity contribution in [2.24, 2.45) is 0 Å². The van der Waals surface area contributed by atoms with Crippen molar-refractivity contribution >= 4 is 27.9 Å². The maximum Gasteiger partial charge on any atom is 0.209 e. The van der Waals surface area contributed by atoms with Crippen LogP contribution >= 0.6 is 12.4 Å². The fraction of sp³-hybridized carbons (Fsp3) is 0.368. The molecule has 2 aliphatic heterocycles. The SMILES string of the molecule is Cl.O=S(=O)(c1ccc2c(c1)CCN2C1CCNCC1)c1ccccc1F. The maximum atomic E-state index is 14.0. The molecule has 0 aliphatic carbocycles. The van der Waals surface area contributed by atoms with Crippen LogP contribution in [0.5, 0.6) is 0 Å². The van der Waals surface area contributed by atoms with Crippen LogP contribution in [-0.2, 0) is 16.3 Å². The minimum atomic E-state index is -3.84. The highest BCUT2D eigenvalue weighted by Gasteiger charge is 2.29. The van der Waals surface area contributed by atoms with Gasteiger partial charge in [-0.15, -0.1) is 12.4 Å². The number of nitrogens with zero attached hydrogens (tertiary/aromatic N) is 1. The van der Waals surface area contributed by atoms with Gasteiger partial charge in [-0.05, 0) is 68.2 Å². The molecule has 2 aromatic carbocycles. The summed E-state index contributed by atoms with van der Waals surface area (Å²) in [5, 5.41) is 3.37. The van der Waals surface area contributed by atoms with Gasteiger partial charge in [0.1, 0.15) is 10.7 Å². The molecule has 0 saturated carbocycles. The highest BCUT2D eigenvalue weighted by molar-refractivity contribution is 7.91. The second-order valence-corrected chi connectivity index (χ2v) is 8.57. The molecule has 1 fully saturated rings. The molecule has 1 N–H and O–H groups in total. The van der Waals surface area contributed by atoms with Crippen molar-refractivity contribution in [2.75, 3.05) is 24.5 Å². The topological polar surface area (TPSA) is 49.4 Å². The number of hydrogen-bond donors (Lipinski definition) is 1. The molecule has 0 radical (unpaired) electrons. The first-order valence-corrected chi connectivity index (χ1v) is 10.2. The molecule has 0 amide bonds. The van der Waals surface area contributed by atoms with Gasteiger partial charge in [-0.2, -0.15) is 0 Å². The first-order chi connectivity index (χ1) is 12.1. The average molecular weight is 397 g/mol. The number of hydrogen-bond acceptors (Lipinski definition) is 4. The Hall–Kier alpha value is -1.63. The highest BCUT2D eigenvalue weighted by Crippen LogP contribution is 2.35. The van der Waals surface area contributed by atoms with E-state index in [-0.39, 0.29) is 22.2 Å². The standard InChI is InChI=1S/C19H21FN2O2S.ClH/c20-17-3-1-2-4-19(17)25(23,24)16-5-6-18-14(13-16)9-12-22(18)15-7-10-21-11-8-15;/h1-6,13,15,21H,7-12H2;1H. The number of rotatable bonds is 3. The van der Waals surface area contributed by atoms with Crippen molar-refractivity contribution in [1.29, 1.82) is 0 Å². The van der Waals surface area contributed by atoms with Gasteiger partial charge >= 0.3 is 0 Å². The van der Waals surface area contributed by atoms with Crippen molar-refractivity contribution in [3.05, 3.63) is 53.8 Å². The number of fused-ring (bicyclic) bond motifs is 1. The predicted octanol–water partition coefficient (Wildman–Crippen LogP) is 3.19. The lowest BCUT2D eigenvalue weighted by Crippen LogP contribution is -2.42. The van der Waals surface area contributed by atoms with Crippen molar-refractivity contribution in [2.45, 2.75) is 35.1 Å². The summed E-state index contributed by atoms with van der Waals surface area (Å²) in [6.07, 6.45) is 3.04. The number of sulfone groups is 1. The summed E-state index contributed by atoms with van der Waals surface area (Å²) in [6.45, 7) is 2.97. The molecular weight excluding hydrogens is 375 g/mol. The third kappa shape index (κ3) is 3.33. The summed E-state index contributed by atoms with van der Waals surface area (Å²) >= 11 is 0. The summed E-state index contributed by atoms with van der Waals surface area (Å²) in [6, 6.07) is 11.3. The number of piperidine rings is 1. The lowest BCUT2D eigenvalue weighted by molar-refractivity contribution is 0.435. The summed E-state index contributed by atoms with van der Waals surface area (Å²) in [5.74, 6) is -0.709. The lowest BCUT2D eigenvalue weighted by Gasteiger charge is -2.33. The molecule has 26 heavy (non-hydrogen) atoms. The number of benzene rings is 2. The fourth-order valence-electron chi connectivity index (χ4n) is 3.86. The van der Waals surface area contributed by atoms with Gasteiger partial charge in [-0.3, -0.25) is 0 Å². The minimum absolute atomic E-state index is 0. The first-order valence-electron chi connectivity index (χ1n) is 8.67. The predicted molar refractivity (Wildman–Crippen MR) is 102 cm³/mol. The van der Waals surface area contributed by atoms with Gasteiger partial charge in [0.2, 0.25) is 9.84 Å². The van der Waals surface area contributed by atoms with Gasteiger partial charge in [-0.25, -0.2) is 12.8 Å². The van der Waals surface area contributed by atoms with Crippen LogP contribution in [0.4, 0.5) is 10.1 Å². The van der Waals surface area contributed by atoms with E-state index in [9.17, 15) is 12.8 Å². The van der Waals surface area contributed by atoms with Crippen LogP contribution in [0.15, 0.2) is 52.3 Å². The molecule has 140 valence electrons. The molecule has 7 heteroatoms. The van der Waals surface area contributed by atoms with E-state index in [1.807, 2.05) is 6.07 Å². The van der Waals surface area contributed by atoms with E-state index in [2.05, 4.69) is 10.2 Å². The largest absolute Gasteiger partial charge is 0.368 e. The summed E-state index contributed by atoms with van der Waals surface area (Å²) in [4.78, 5) is 2.31. The minimum Gasteiger partial charge on any atom is -0.368 e. The number of nitrogens with one attached hydrogen (secondary N) is 1. The van der Waals surface area contributed by atoms with Crippen molar-refractivity contribution in [3.63, 3.8) is 0 Å². The molecule has 2 aromatic rings. The van der Waals surface area contributed by atoms with Gasteiger partial charge in [0.15, 0.2) is 0 Å². The van der Waals surface area contributed by atoms with E-state index in [4.69, 9.17) is 0 Å². The monoisotopic (exact) mass is 396 g/mol. The Morgan fingerprint density at radius 2 is 1.81 bits per heavy atom. The highest BCUT2D eigenvalue weighted by atomic mass is 35.5. The zero-order chi connectivity index (χ0) is 17.4. The van der Waals surface area contributed by atoms with Crippen LogP contribution in [-0.4, -0.2) is 34.1 Å². The van der Waals surface area contributed by atoms with Crippen LogP contribution in [0.2, 0.25) is 0 Å². The average Bonchev–Trinajstić information content (AvgIpc) is 3.06. The Labute approximate surface area is 159 Å². The Morgan fingerprint density at radius 3 is 2.54 bits per heavy atom. The number of halogens is 2. The molecule has 2 aliphatic rings. The van der Waals surface area contributed by atoms with Crippen molar-refractivity contribution < 1.29 is 12.8 Å². The zero-order valence-electron chi connectivity index (χ0n) is 14.3. The summed E-state index contributed by atoms with van der Waals surface area (Å²) < 4.78 is 39.5. The van der Waals surface area contributed by atoms with Gasteiger partial charge < -0.3 is 10.2 Å². The third-order valence-electron chi connectivity index (χ3n) is 5.17. The fourth-order valence-corrected chi connectivity index (χ4v) is 5.24. The van der Waals surface area contributed by atoms with E-state index in [1.54, 1.807) is 18.2 Å². The second kappa shape index (κ2) is 7.55. The molecule has 0 unspecified atom stereocenters. The van der Waals surface area contributed by atoms with Crippen LogP contribution in [0.25, 0.3) is 0 Å². The summed E-state index contributed by atoms with van der Waals surface area (Å²) in [5.41, 5.74) is 2.16. The van der Waals surface area contributed by atoms with E-state index in [0.717, 1.165) is 50.1 Å².